The molecule has 3 heterocycles. The molecule has 2 amide bonds. The van der Waals surface area contributed by atoms with Crippen LogP contribution in [0.3, 0.4) is 0 Å². The van der Waals surface area contributed by atoms with Gasteiger partial charge in [-0.2, -0.15) is 0 Å². The van der Waals surface area contributed by atoms with Crippen LogP contribution in [-0.4, -0.2) is 60.6 Å². The molecule has 1 saturated heterocycles. The normalized spacial score (nSPS) is 29.2. The van der Waals surface area contributed by atoms with Gasteiger partial charge >= 0.3 is 0 Å². The third-order valence-electron chi connectivity index (χ3n) is 6.10. The molecule has 0 saturated carbocycles. The quantitative estimate of drug-likeness (QED) is 0.621. The monoisotopic (exact) mass is 464 g/mol. The number of hydrogen-bond donors (Lipinski definition) is 3. The van der Waals surface area contributed by atoms with Crippen molar-refractivity contribution in [3.8, 4) is 0 Å². The maximum absolute atomic E-state index is 15.0. The number of carbonyl (C=O) groups excluding carboxylic acids is 2. The molecule has 1 aromatic rings. The van der Waals surface area contributed by atoms with Crippen LogP contribution < -0.4 is 16.4 Å². The van der Waals surface area contributed by atoms with Crippen LogP contribution in [0.4, 0.5) is 18.9 Å². The van der Waals surface area contributed by atoms with E-state index in [1.165, 1.54) is 31.0 Å². The minimum absolute atomic E-state index is 0.0177. The first kappa shape index (κ1) is 22.8. The minimum atomic E-state index is -2.74. The number of hydrogen-bond acceptors (Lipinski definition) is 7. The molecule has 3 aliphatic rings. The van der Waals surface area contributed by atoms with E-state index < -0.39 is 41.8 Å². The Hall–Kier alpha value is -3.41. The zero-order valence-corrected chi connectivity index (χ0v) is 18.1. The van der Waals surface area contributed by atoms with Gasteiger partial charge < -0.3 is 21.1 Å². The lowest BCUT2D eigenvalue weighted by Gasteiger charge is -2.38. The second-order valence-corrected chi connectivity index (χ2v) is 8.20. The molecular weight excluding hydrogens is 441 g/mol. The van der Waals surface area contributed by atoms with Crippen molar-refractivity contribution < 1.29 is 27.5 Å². The fourth-order valence-corrected chi connectivity index (χ4v) is 4.36. The largest absolute Gasteiger partial charge is 0.375 e. The summed E-state index contributed by atoms with van der Waals surface area (Å²) in [4.78, 5) is 35.1. The van der Waals surface area contributed by atoms with Crippen LogP contribution in [0, 0.1) is 11.7 Å². The van der Waals surface area contributed by atoms with E-state index in [0.29, 0.717) is 0 Å². The number of aliphatic imine (C=N–C) groups is 2. The summed E-state index contributed by atoms with van der Waals surface area (Å²) in [7, 11) is 1.48. The molecule has 4 N–H and O–H groups in total. The van der Waals surface area contributed by atoms with E-state index in [9.17, 15) is 18.4 Å². The Kier molecular flexibility index (Phi) is 5.64. The number of fused-ring (bicyclic) bond motifs is 1. The maximum atomic E-state index is 15.0. The number of alkyl halides is 2. The van der Waals surface area contributed by atoms with E-state index in [1.807, 2.05) is 0 Å². The van der Waals surface area contributed by atoms with E-state index in [1.54, 1.807) is 6.92 Å². The standard InChI is InChI=1S/C21H23F3N6O3/c1-9-16(26-7-14(27-9)17(23)24)18(31)28-11-4-5-13(22)12(6-11)21-8-33-10(2)15(21)19(32)30(3)20(25)29-21/h4-7,9-10,15,17,27H,8H2,1-3H3,(H2,25,29)(H,28,31)/t9?,10-,15+,21-/m1/s1. The molecule has 1 aromatic carbocycles. The number of guanidine groups is 1. The number of anilines is 1. The lowest BCUT2D eigenvalue weighted by Crippen LogP contribution is -2.55. The molecule has 1 unspecified atom stereocenters. The molecule has 4 atom stereocenters. The zero-order valence-electron chi connectivity index (χ0n) is 18.1. The van der Waals surface area contributed by atoms with Crippen molar-refractivity contribution in [1.29, 1.82) is 0 Å². The average molecular weight is 464 g/mol. The van der Waals surface area contributed by atoms with E-state index in [-0.39, 0.29) is 41.1 Å². The molecule has 1 fully saturated rings. The van der Waals surface area contributed by atoms with Crippen LogP contribution in [0.2, 0.25) is 0 Å². The van der Waals surface area contributed by atoms with Gasteiger partial charge in [0.15, 0.2) is 5.96 Å². The molecule has 0 aliphatic carbocycles. The molecule has 4 rings (SSSR count). The van der Waals surface area contributed by atoms with Crippen LogP contribution in [0.1, 0.15) is 19.4 Å². The van der Waals surface area contributed by atoms with Crippen molar-refractivity contribution in [2.75, 3.05) is 19.0 Å². The van der Waals surface area contributed by atoms with Gasteiger partial charge in [0.05, 0.1) is 36.6 Å². The number of benzene rings is 1. The Morgan fingerprint density at radius 1 is 1.39 bits per heavy atom. The molecule has 0 radical (unpaired) electrons. The van der Waals surface area contributed by atoms with Gasteiger partial charge in [-0.1, -0.05) is 0 Å². The fourth-order valence-electron chi connectivity index (χ4n) is 4.36. The molecule has 33 heavy (non-hydrogen) atoms. The minimum Gasteiger partial charge on any atom is -0.375 e. The number of amides is 2. The lowest BCUT2D eigenvalue weighted by molar-refractivity contribution is -0.134. The van der Waals surface area contributed by atoms with E-state index in [2.05, 4.69) is 20.6 Å². The lowest BCUT2D eigenvalue weighted by atomic mass is 9.76. The van der Waals surface area contributed by atoms with Gasteiger partial charge in [-0.05, 0) is 32.0 Å². The first-order chi connectivity index (χ1) is 15.5. The van der Waals surface area contributed by atoms with Gasteiger partial charge in [-0.25, -0.2) is 18.2 Å². The van der Waals surface area contributed by atoms with Crippen LogP contribution in [0.15, 0.2) is 40.1 Å². The summed E-state index contributed by atoms with van der Waals surface area (Å²) in [5.74, 6) is -2.51. The summed E-state index contributed by atoms with van der Waals surface area (Å²) in [5, 5.41) is 5.12. The Morgan fingerprint density at radius 3 is 2.79 bits per heavy atom. The van der Waals surface area contributed by atoms with E-state index in [0.717, 1.165) is 12.3 Å². The average Bonchev–Trinajstić information content (AvgIpc) is 3.10. The molecule has 12 heteroatoms. The summed E-state index contributed by atoms with van der Waals surface area (Å²) < 4.78 is 46.4. The van der Waals surface area contributed by atoms with Gasteiger partial charge in [-0.15, -0.1) is 0 Å². The molecule has 0 aromatic heterocycles. The molecule has 0 spiro atoms. The molecular formula is C21H23F3N6O3. The third-order valence-corrected chi connectivity index (χ3v) is 6.10. The summed E-state index contributed by atoms with van der Waals surface area (Å²) >= 11 is 0. The van der Waals surface area contributed by atoms with Gasteiger partial charge in [0, 0.05) is 18.3 Å². The number of nitrogens with two attached hydrogens (primary N) is 1. The van der Waals surface area contributed by atoms with Gasteiger partial charge in [0.2, 0.25) is 5.91 Å². The Morgan fingerprint density at radius 2 is 2.12 bits per heavy atom. The summed E-state index contributed by atoms with van der Waals surface area (Å²) in [6.07, 6.45) is -2.37. The Labute approximate surface area is 187 Å². The second-order valence-electron chi connectivity index (χ2n) is 8.20. The van der Waals surface area contributed by atoms with Crippen LogP contribution >= 0.6 is 0 Å². The molecule has 9 nitrogen and oxygen atoms in total. The number of allylic oxidation sites excluding steroid dienone is 1. The first-order valence-electron chi connectivity index (χ1n) is 10.2. The van der Waals surface area contributed by atoms with E-state index in [4.69, 9.17) is 10.5 Å². The number of halogens is 3. The molecule has 176 valence electrons. The SMILES string of the molecule is CC1NC(C(F)F)=CN=C1C(=O)Nc1ccc(F)c([C@]23CO[C@H](C)[C@H]2C(=O)N(C)C(N)=N3)c1. The van der Waals surface area contributed by atoms with Crippen LogP contribution in [0.25, 0.3) is 0 Å². The van der Waals surface area contributed by atoms with Crippen molar-refractivity contribution in [3.05, 3.63) is 41.5 Å². The molecule has 3 aliphatic heterocycles. The summed E-state index contributed by atoms with van der Waals surface area (Å²) in [6, 6.07) is 3.10. The number of ether oxygens (including phenoxy) is 1. The number of carbonyl (C=O) groups is 2. The van der Waals surface area contributed by atoms with Crippen molar-refractivity contribution in [2.24, 2.45) is 21.6 Å². The van der Waals surface area contributed by atoms with Crippen molar-refractivity contribution in [2.45, 2.75) is 38.0 Å². The summed E-state index contributed by atoms with van der Waals surface area (Å²) in [5.41, 5.74) is 4.41. The van der Waals surface area contributed by atoms with Crippen LogP contribution in [-0.2, 0) is 19.9 Å². The number of rotatable bonds is 4. The first-order valence-corrected chi connectivity index (χ1v) is 10.2. The van der Waals surface area contributed by atoms with Gasteiger partial charge in [-0.3, -0.25) is 19.5 Å². The highest BCUT2D eigenvalue weighted by molar-refractivity contribution is 6.45. The van der Waals surface area contributed by atoms with E-state index >= 15 is 4.39 Å². The highest BCUT2D eigenvalue weighted by Gasteiger charge is 2.58. The summed E-state index contributed by atoms with van der Waals surface area (Å²) in [6.45, 7) is 3.16. The van der Waals surface area contributed by atoms with Crippen molar-refractivity contribution in [1.82, 2.24) is 10.2 Å². The van der Waals surface area contributed by atoms with Crippen molar-refractivity contribution >= 4 is 29.2 Å². The molecule has 0 bridgehead atoms. The number of nitrogens with one attached hydrogen (secondary N) is 2. The predicted octanol–water partition coefficient (Wildman–Crippen LogP) is 1.32. The fraction of sp³-hybridized carbons (Fsp3) is 0.429. The topological polar surface area (TPSA) is 121 Å². The Bertz CT molecular complexity index is 1100. The number of nitrogens with zero attached hydrogens (tertiary/aromatic N) is 3. The second kappa shape index (κ2) is 8.18. The Balaban J connectivity index is 1.68. The van der Waals surface area contributed by atoms with Gasteiger partial charge in [0.1, 0.15) is 17.1 Å². The smallest absolute Gasteiger partial charge is 0.279 e. The predicted molar refractivity (Wildman–Crippen MR) is 114 cm³/mol. The highest BCUT2D eigenvalue weighted by Crippen LogP contribution is 2.47. The van der Waals surface area contributed by atoms with Crippen molar-refractivity contribution in [3.63, 3.8) is 0 Å². The maximum Gasteiger partial charge on any atom is 0.279 e. The van der Waals surface area contributed by atoms with Gasteiger partial charge in [0.25, 0.3) is 12.3 Å². The third kappa shape index (κ3) is 3.73. The van der Waals surface area contributed by atoms with Crippen LogP contribution in [0.5, 0.6) is 0 Å². The highest BCUT2D eigenvalue weighted by atomic mass is 19.3. The zero-order chi connectivity index (χ0) is 24.1.